The summed E-state index contributed by atoms with van der Waals surface area (Å²) in [6, 6.07) is 0. The molecule has 0 aliphatic carbocycles. The Balaban J connectivity index is -0.000000180. The third kappa shape index (κ3) is 32.2. The molecule has 0 heterocycles. The number of aliphatic hydroxyl groups is 2. The second-order valence-electron chi connectivity index (χ2n) is 2.85. The molecule has 0 aromatic carbocycles. The van der Waals surface area contributed by atoms with Crippen molar-refractivity contribution in [1.82, 2.24) is 0 Å². The van der Waals surface area contributed by atoms with E-state index in [2.05, 4.69) is 0 Å². The van der Waals surface area contributed by atoms with Gasteiger partial charge in [0, 0.05) is 17.1 Å². The average molecular weight is 266 g/mol. The SMILES string of the molecule is CC(=[OH+])/C=C(/C)O.CC(=[OH+])/C=C(/C)O.[Cu]. The third-order valence-electron chi connectivity index (χ3n) is 0.836. The fraction of sp³-hybridized carbons (Fsp3) is 0.400. The van der Waals surface area contributed by atoms with Gasteiger partial charge < -0.3 is 10.2 Å². The number of aliphatic hydroxyl groups excluding tert-OH is 2. The summed E-state index contributed by atoms with van der Waals surface area (Å²) in [5, 5.41) is 16.8. The topological polar surface area (TPSA) is 83.3 Å². The summed E-state index contributed by atoms with van der Waals surface area (Å²) in [4.78, 5) is 16.8. The van der Waals surface area contributed by atoms with Gasteiger partial charge in [-0.2, -0.15) is 0 Å². The molecular weight excluding hydrogens is 248 g/mol. The van der Waals surface area contributed by atoms with Crippen molar-refractivity contribution in [3.63, 3.8) is 0 Å². The first kappa shape index (κ1) is 19.5. The van der Waals surface area contributed by atoms with Gasteiger partial charge in [0.1, 0.15) is 0 Å². The van der Waals surface area contributed by atoms with Crippen LogP contribution in [-0.4, -0.2) is 31.4 Å². The number of hydrogen-bond donors (Lipinski definition) is 2. The Morgan fingerprint density at radius 2 is 1.00 bits per heavy atom. The molecule has 4 nitrogen and oxygen atoms in total. The monoisotopic (exact) mass is 265 g/mol. The molecule has 0 aromatic rings. The van der Waals surface area contributed by atoms with Crippen LogP contribution in [0, 0.1) is 0 Å². The van der Waals surface area contributed by atoms with E-state index in [1.54, 1.807) is 0 Å². The zero-order valence-corrected chi connectivity index (χ0v) is 10.2. The number of carbonyl (C=O) groups excluding carboxylic acids is 2. The molecule has 0 aromatic heterocycles. The second-order valence-corrected chi connectivity index (χ2v) is 2.85. The van der Waals surface area contributed by atoms with Crippen molar-refractivity contribution in [2.24, 2.45) is 0 Å². The van der Waals surface area contributed by atoms with Gasteiger partial charge in [0.2, 0.25) is 0 Å². The molecule has 0 spiro atoms. The first-order chi connectivity index (χ1) is 6.25. The van der Waals surface area contributed by atoms with Crippen molar-refractivity contribution in [1.29, 1.82) is 0 Å². The van der Waals surface area contributed by atoms with E-state index < -0.39 is 0 Å². The molecular formula is C10H18CuO4+2. The molecule has 4 N–H and O–H groups in total. The van der Waals surface area contributed by atoms with Crippen LogP contribution in [0.25, 0.3) is 0 Å². The molecule has 0 saturated carbocycles. The first-order valence-electron chi connectivity index (χ1n) is 4.05. The molecule has 0 atom stereocenters. The van der Waals surface area contributed by atoms with Crippen LogP contribution in [0.2, 0.25) is 0 Å². The van der Waals surface area contributed by atoms with Crippen LogP contribution in [0.4, 0.5) is 0 Å². The Morgan fingerprint density at radius 3 is 1.00 bits per heavy atom. The van der Waals surface area contributed by atoms with Gasteiger partial charge in [-0.05, 0) is 13.8 Å². The predicted octanol–water partition coefficient (Wildman–Crippen LogP) is 2.02. The number of rotatable bonds is 2. The third-order valence-corrected chi connectivity index (χ3v) is 0.836. The molecule has 0 amide bonds. The average Bonchev–Trinajstić information content (AvgIpc) is 1.79. The maximum atomic E-state index is 8.40. The van der Waals surface area contributed by atoms with Crippen LogP contribution >= 0.6 is 0 Å². The van der Waals surface area contributed by atoms with Gasteiger partial charge in [-0.15, -0.1) is 0 Å². The number of ketones is 2. The quantitative estimate of drug-likeness (QED) is 0.347. The predicted molar refractivity (Wildman–Crippen MR) is 58.0 cm³/mol. The molecule has 15 heavy (non-hydrogen) atoms. The maximum absolute atomic E-state index is 8.40. The summed E-state index contributed by atoms with van der Waals surface area (Å²) in [5.74, 6) is 0.500. The van der Waals surface area contributed by atoms with E-state index in [1.165, 1.54) is 39.8 Å². The molecule has 0 aliphatic heterocycles. The summed E-state index contributed by atoms with van der Waals surface area (Å²) >= 11 is 0. The Labute approximate surface area is 100 Å². The van der Waals surface area contributed by atoms with Gasteiger partial charge in [-0.1, -0.05) is 0 Å². The molecule has 0 saturated heterocycles. The normalized spacial score (nSPS) is 10.7. The van der Waals surface area contributed by atoms with Crippen LogP contribution in [-0.2, 0) is 17.1 Å². The number of allylic oxidation sites excluding steroid dienone is 4. The van der Waals surface area contributed by atoms with Crippen molar-refractivity contribution in [3.8, 4) is 0 Å². The molecule has 0 fully saturated rings. The molecule has 0 aliphatic rings. The summed E-state index contributed by atoms with van der Waals surface area (Å²) in [7, 11) is 0. The van der Waals surface area contributed by atoms with E-state index in [9.17, 15) is 0 Å². The van der Waals surface area contributed by atoms with Crippen LogP contribution < -0.4 is 0 Å². The first-order valence-corrected chi connectivity index (χ1v) is 4.05. The standard InChI is InChI=1S/2C5H8O2.Cu/c2*1-4(6)3-5(2)7;/h2*3,6H,1-2H3;/p+2/b2*4-3-;. The summed E-state index contributed by atoms with van der Waals surface area (Å²) in [6.45, 7) is 6.00. The zero-order valence-electron chi connectivity index (χ0n) is 9.25. The van der Waals surface area contributed by atoms with E-state index in [1.807, 2.05) is 0 Å². The van der Waals surface area contributed by atoms with Crippen molar-refractivity contribution in [2.75, 3.05) is 0 Å². The van der Waals surface area contributed by atoms with Gasteiger partial charge >= 0.3 is 11.6 Å². The van der Waals surface area contributed by atoms with Crippen LogP contribution in [0.1, 0.15) is 27.7 Å². The van der Waals surface area contributed by atoms with Crippen molar-refractivity contribution >= 4 is 11.6 Å². The minimum Gasteiger partial charge on any atom is -0.512 e. The minimum atomic E-state index is 0. The van der Waals surface area contributed by atoms with E-state index >= 15 is 0 Å². The van der Waals surface area contributed by atoms with Crippen LogP contribution in [0.3, 0.4) is 0 Å². The Kier molecular flexibility index (Phi) is 14.3. The van der Waals surface area contributed by atoms with Crippen LogP contribution in [0.5, 0.6) is 0 Å². The van der Waals surface area contributed by atoms with Gasteiger partial charge in [0.15, 0.2) is 0 Å². The van der Waals surface area contributed by atoms with Gasteiger partial charge in [-0.3, -0.25) is 9.59 Å². The van der Waals surface area contributed by atoms with Crippen molar-refractivity contribution < 1.29 is 36.9 Å². The van der Waals surface area contributed by atoms with E-state index in [4.69, 9.17) is 19.8 Å². The fourth-order valence-electron chi connectivity index (χ4n) is 0.605. The molecule has 0 rings (SSSR count). The molecule has 91 valence electrons. The van der Waals surface area contributed by atoms with E-state index in [0.29, 0.717) is 0 Å². The van der Waals surface area contributed by atoms with Gasteiger partial charge in [-0.25, -0.2) is 0 Å². The zero-order chi connectivity index (χ0) is 11.7. The fourth-order valence-corrected chi connectivity index (χ4v) is 0.605. The minimum absolute atomic E-state index is 0. The molecule has 0 bridgehead atoms. The van der Waals surface area contributed by atoms with Crippen molar-refractivity contribution in [2.45, 2.75) is 27.7 Å². The molecule has 5 heteroatoms. The summed E-state index contributed by atoms with van der Waals surface area (Å²) < 4.78 is 0. The largest absolute Gasteiger partial charge is 0.512 e. The maximum Gasteiger partial charge on any atom is 0.316 e. The van der Waals surface area contributed by atoms with Crippen molar-refractivity contribution in [3.05, 3.63) is 23.7 Å². The summed E-state index contributed by atoms with van der Waals surface area (Å²) in [5.41, 5.74) is 0. The Bertz CT molecular complexity index is 231. The Hall–Kier alpha value is -1.06. The van der Waals surface area contributed by atoms with E-state index in [-0.39, 0.29) is 40.2 Å². The second kappa shape index (κ2) is 11.0. The van der Waals surface area contributed by atoms with Gasteiger partial charge in [0.05, 0.1) is 37.5 Å². The van der Waals surface area contributed by atoms with Crippen LogP contribution in [0.15, 0.2) is 23.7 Å². The van der Waals surface area contributed by atoms with E-state index in [0.717, 1.165) is 0 Å². The van der Waals surface area contributed by atoms with Gasteiger partial charge in [0.25, 0.3) is 0 Å². The summed E-state index contributed by atoms with van der Waals surface area (Å²) in [6.07, 6.45) is 2.56. The smallest absolute Gasteiger partial charge is 0.316 e. The Morgan fingerprint density at radius 1 is 0.800 bits per heavy atom. The number of hydrogen-bond acceptors (Lipinski definition) is 2. The molecule has 1 radical (unpaired) electrons. The molecule has 0 unspecified atom stereocenters.